The normalized spacial score (nSPS) is 10.8. The van der Waals surface area contributed by atoms with Gasteiger partial charge in [0.25, 0.3) is 5.91 Å². The van der Waals surface area contributed by atoms with Crippen molar-refractivity contribution in [2.24, 2.45) is 0 Å². The van der Waals surface area contributed by atoms with Crippen molar-refractivity contribution in [1.82, 2.24) is 15.1 Å². The van der Waals surface area contributed by atoms with Crippen LogP contribution in [0.4, 0.5) is 5.69 Å². The number of benzene rings is 2. The fourth-order valence-electron chi connectivity index (χ4n) is 3.81. The third kappa shape index (κ3) is 4.87. The van der Waals surface area contributed by atoms with Gasteiger partial charge < -0.3 is 15.1 Å². The van der Waals surface area contributed by atoms with Crippen molar-refractivity contribution in [3.05, 3.63) is 88.8 Å². The van der Waals surface area contributed by atoms with Gasteiger partial charge in [0, 0.05) is 11.9 Å². The van der Waals surface area contributed by atoms with Gasteiger partial charge in [0.05, 0.1) is 17.8 Å². The van der Waals surface area contributed by atoms with E-state index < -0.39 is 5.91 Å². The van der Waals surface area contributed by atoms with Crippen LogP contribution in [0.3, 0.4) is 0 Å². The minimum absolute atomic E-state index is 0.168. The fourth-order valence-corrected chi connectivity index (χ4v) is 3.81. The van der Waals surface area contributed by atoms with Crippen molar-refractivity contribution in [3.63, 3.8) is 0 Å². The van der Waals surface area contributed by atoms with Gasteiger partial charge in [0.2, 0.25) is 5.91 Å². The molecule has 0 spiro atoms. The Morgan fingerprint density at radius 2 is 1.67 bits per heavy atom. The molecule has 0 saturated heterocycles. The Hall–Kier alpha value is -4.13. The van der Waals surface area contributed by atoms with Gasteiger partial charge in [0.15, 0.2) is 5.76 Å². The summed E-state index contributed by atoms with van der Waals surface area (Å²) in [7, 11) is 0. The topological polar surface area (TPSA) is 89.2 Å². The SMILES string of the molecule is Cc1cc(C)c(NC(=O)CNC(=O)c2cn(-c3ccccc3)nc2-c2ccc(C)o2)c(C)c1. The first-order valence-corrected chi connectivity index (χ1v) is 10.7. The van der Waals surface area contributed by atoms with E-state index in [0.717, 1.165) is 28.1 Å². The lowest BCUT2D eigenvalue weighted by atomic mass is 10.1. The van der Waals surface area contributed by atoms with Crippen LogP contribution in [0.1, 0.15) is 32.8 Å². The van der Waals surface area contributed by atoms with Crippen LogP contribution in [0.15, 0.2) is 65.2 Å². The zero-order valence-corrected chi connectivity index (χ0v) is 19.1. The van der Waals surface area contributed by atoms with Gasteiger partial charge in [-0.05, 0) is 63.1 Å². The number of nitrogens with one attached hydrogen (secondary N) is 2. The maximum atomic E-state index is 13.0. The first-order chi connectivity index (χ1) is 15.8. The smallest absolute Gasteiger partial charge is 0.255 e. The number of amides is 2. The second-order valence-corrected chi connectivity index (χ2v) is 8.09. The van der Waals surface area contributed by atoms with Gasteiger partial charge in [-0.3, -0.25) is 9.59 Å². The molecule has 2 N–H and O–H groups in total. The van der Waals surface area contributed by atoms with E-state index in [4.69, 9.17) is 4.42 Å². The van der Waals surface area contributed by atoms with E-state index in [9.17, 15) is 9.59 Å². The molecule has 0 saturated carbocycles. The summed E-state index contributed by atoms with van der Waals surface area (Å²) in [6.07, 6.45) is 1.64. The Bertz CT molecular complexity index is 1300. The highest BCUT2D eigenvalue weighted by atomic mass is 16.3. The van der Waals surface area contributed by atoms with Crippen molar-refractivity contribution in [2.75, 3.05) is 11.9 Å². The van der Waals surface area contributed by atoms with E-state index in [1.165, 1.54) is 0 Å². The van der Waals surface area contributed by atoms with Crippen LogP contribution in [0, 0.1) is 27.7 Å². The number of anilines is 1. The summed E-state index contributed by atoms with van der Waals surface area (Å²) in [6.45, 7) is 7.57. The van der Waals surface area contributed by atoms with E-state index in [-0.39, 0.29) is 12.5 Å². The number of para-hydroxylation sites is 1. The van der Waals surface area contributed by atoms with E-state index in [1.54, 1.807) is 16.9 Å². The third-order valence-electron chi connectivity index (χ3n) is 5.30. The molecule has 2 heterocycles. The first-order valence-electron chi connectivity index (χ1n) is 10.7. The molecular weight excluding hydrogens is 416 g/mol. The lowest BCUT2D eigenvalue weighted by molar-refractivity contribution is -0.115. The maximum Gasteiger partial charge on any atom is 0.255 e. The Labute approximate surface area is 192 Å². The van der Waals surface area contributed by atoms with E-state index in [0.29, 0.717) is 22.8 Å². The Balaban J connectivity index is 1.54. The number of rotatable bonds is 6. The van der Waals surface area contributed by atoms with Crippen LogP contribution in [0.25, 0.3) is 17.1 Å². The summed E-state index contributed by atoms with van der Waals surface area (Å²) in [5.74, 6) is 0.495. The number of hydrogen-bond acceptors (Lipinski definition) is 4. The van der Waals surface area contributed by atoms with Gasteiger partial charge in [-0.1, -0.05) is 35.9 Å². The molecule has 7 nitrogen and oxygen atoms in total. The number of nitrogens with zero attached hydrogens (tertiary/aromatic N) is 2. The Kier molecular flexibility index (Phi) is 6.13. The highest BCUT2D eigenvalue weighted by molar-refractivity contribution is 6.02. The van der Waals surface area contributed by atoms with Crippen LogP contribution in [0.5, 0.6) is 0 Å². The molecule has 4 aromatic rings. The number of aromatic nitrogens is 2. The van der Waals surface area contributed by atoms with Gasteiger partial charge in [-0.2, -0.15) is 5.10 Å². The first kappa shape index (κ1) is 22.1. The van der Waals surface area contributed by atoms with Gasteiger partial charge in [0.1, 0.15) is 11.5 Å². The number of carbonyl (C=O) groups is 2. The molecule has 2 aromatic carbocycles. The van der Waals surface area contributed by atoms with Crippen molar-refractivity contribution in [3.8, 4) is 17.1 Å². The predicted octanol–water partition coefficient (Wildman–Crippen LogP) is 4.73. The van der Waals surface area contributed by atoms with Crippen LogP contribution in [-0.2, 0) is 4.79 Å². The highest BCUT2D eigenvalue weighted by Gasteiger charge is 2.21. The second-order valence-electron chi connectivity index (χ2n) is 8.09. The minimum Gasteiger partial charge on any atom is -0.460 e. The molecule has 0 fully saturated rings. The molecule has 0 unspecified atom stereocenters. The minimum atomic E-state index is -0.409. The molecule has 7 heteroatoms. The van der Waals surface area contributed by atoms with E-state index >= 15 is 0 Å². The predicted molar refractivity (Wildman–Crippen MR) is 128 cm³/mol. The molecule has 2 amide bonds. The van der Waals surface area contributed by atoms with Crippen LogP contribution in [-0.4, -0.2) is 28.1 Å². The number of carbonyl (C=O) groups excluding carboxylic acids is 2. The van der Waals surface area contributed by atoms with Gasteiger partial charge >= 0.3 is 0 Å². The lowest BCUT2D eigenvalue weighted by Gasteiger charge is -2.13. The summed E-state index contributed by atoms with van der Waals surface area (Å²) in [5, 5.41) is 10.2. The summed E-state index contributed by atoms with van der Waals surface area (Å²) >= 11 is 0. The molecule has 0 aliphatic rings. The van der Waals surface area contributed by atoms with Gasteiger partial charge in [-0.15, -0.1) is 0 Å². The molecule has 0 aliphatic heterocycles. The van der Waals surface area contributed by atoms with Crippen LogP contribution in [0.2, 0.25) is 0 Å². The zero-order valence-electron chi connectivity index (χ0n) is 19.1. The summed E-state index contributed by atoms with van der Waals surface area (Å²) in [5.41, 5.74) is 5.40. The largest absolute Gasteiger partial charge is 0.460 e. The molecule has 2 aromatic heterocycles. The van der Waals surface area contributed by atoms with Crippen LogP contribution < -0.4 is 10.6 Å². The maximum absolute atomic E-state index is 13.0. The summed E-state index contributed by atoms with van der Waals surface area (Å²) in [6, 6.07) is 17.1. The molecule has 4 rings (SSSR count). The second kappa shape index (κ2) is 9.16. The van der Waals surface area contributed by atoms with E-state index in [1.807, 2.05) is 76.2 Å². The molecule has 0 radical (unpaired) electrons. The summed E-state index contributed by atoms with van der Waals surface area (Å²) < 4.78 is 7.34. The van der Waals surface area contributed by atoms with Crippen molar-refractivity contribution in [2.45, 2.75) is 27.7 Å². The number of furan rings is 1. The molecule has 168 valence electrons. The third-order valence-corrected chi connectivity index (χ3v) is 5.30. The number of hydrogen-bond donors (Lipinski definition) is 2. The van der Waals surface area contributed by atoms with E-state index in [2.05, 4.69) is 15.7 Å². The average molecular weight is 443 g/mol. The van der Waals surface area contributed by atoms with Crippen LogP contribution >= 0.6 is 0 Å². The molecule has 0 bridgehead atoms. The number of aryl methyl sites for hydroxylation is 4. The monoisotopic (exact) mass is 442 g/mol. The van der Waals surface area contributed by atoms with Gasteiger partial charge in [-0.25, -0.2) is 4.68 Å². The van der Waals surface area contributed by atoms with Crippen molar-refractivity contribution in [1.29, 1.82) is 0 Å². The average Bonchev–Trinajstić information content (AvgIpc) is 3.41. The van der Waals surface area contributed by atoms with Crippen molar-refractivity contribution >= 4 is 17.5 Å². The quantitative estimate of drug-likeness (QED) is 0.452. The summed E-state index contributed by atoms with van der Waals surface area (Å²) in [4.78, 5) is 25.6. The fraction of sp³-hybridized carbons (Fsp3) is 0.192. The highest BCUT2D eigenvalue weighted by Crippen LogP contribution is 2.26. The Morgan fingerprint density at radius 3 is 2.30 bits per heavy atom. The Morgan fingerprint density at radius 1 is 0.970 bits per heavy atom. The molecule has 0 aliphatic carbocycles. The standard InChI is InChI=1S/C26H26N4O3/c1-16-12-17(2)24(18(3)13-16)28-23(31)14-27-26(32)21-15-30(20-8-6-5-7-9-20)29-25(21)22-11-10-19(4)33-22/h5-13,15H,14H2,1-4H3,(H,27,32)(H,28,31). The lowest BCUT2D eigenvalue weighted by Crippen LogP contribution is -2.33. The molecule has 33 heavy (non-hydrogen) atoms. The molecule has 0 atom stereocenters. The molecular formula is C26H26N4O3. The van der Waals surface area contributed by atoms with Crippen molar-refractivity contribution < 1.29 is 14.0 Å². The zero-order chi connectivity index (χ0) is 23.5.